The highest BCUT2D eigenvalue weighted by Crippen LogP contribution is 2.32. The monoisotopic (exact) mass is 306 g/mol. The first-order valence-electron chi connectivity index (χ1n) is 6.35. The second-order valence-corrected chi connectivity index (χ2v) is 5.58. The van der Waals surface area contributed by atoms with Crippen LogP contribution in [-0.2, 0) is 6.42 Å². The van der Waals surface area contributed by atoms with Crippen LogP contribution in [0.4, 0.5) is 26.2 Å². The second-order valence-electron chi connectivity index (χ2n) is 4.46. The molecule has 2 aromatic heterocycles. The van der Waals surface area contributed by atoms with E-state index in [9.17, 15) is 8.78 Å². The Morgan fingerprint density at radius 3 is 2.76 bits per heavy atom. The minimum Gasteiger partial charge on any atom is -0.368 e. The van der Waals surface area contributed by atoms with Crippen molar-refractivity contribution in [1.29, 1.82) is 0 Å². The van der Waals surface area contributed by atoms with Crippen LogP contribution < -0.4 is 11.1 Å². The molecule has 3 rings (SSSR count). The molecule has 0 aliphatic rings. The third-order valence-corrected chi connectivity index (χ3v) is 4.17. The van der Waals surface area contributed by atoms with Crippen molar-refractivity contribution in [3.63, 3.8) is 0 Å². The quantitative estimate of drug-likeness (QED) is 0.771. The summed E-state index contributed by atoms with van der Waals surface area (Å²) in [7, 11) is 0. The van der Waals surface area contributed by atoms with Gasteiger partial charge in [0.15, 0.2) is 0 Å². The maximum atomic E-state index is 13.7. The van der Waals surface area contributed by atoms with Crippen LogP contribution in [0, 0.1) is 11.6 Å². The molecule has 0 spiro atoms. The minimum atomic E-state index is -0.689. The van der Waals surface area contributed by atoms with E-state index in [0.29, 0.717) is 5.82 Å². The maximum absolute atomic E-state index is 13.7. The van der Waals surface area contributed by atoms with Gasteiger partial charge in [-0.1, -0.05) is 6.92 Å². The van der Waals surface area contributed by atoms with E-state index in [4.69, 9.17) is 5.73 Å². The number of hydrogen-bond donors (Lipinski definition) is 2. The van der Waals surface area contributed by atoms with E-state index in [1.54, 1.807) is 0 Å². The summed E-state index contributed by atoms with van der Waals surface area (Å²) >= 11 is 1.52. The summed E-state index contributed by atoms with van der Waals surface area (Å²) in [5.41, 5.74) is 5.82. The number of benzene rings is 1. The molecule has 0 saturated carbocycles. The Hall–Kier alpha value is -2.28. The van der Waals surface area contributed by atoms with Gasteiger partial charge in [0, 0.05) is 10.9 Å². The average Bonchev–Trinajstić information content (AvgIpc) is 2.85. The van der Waals surface area contributed by atoms with Gasteiger partial charge in [-0.15, -0.1) is 11.3 Å². The van der Waals surface area contributed by atoms with E-state index in [2.05, 4.69) is 15.3 Å². The predicted octanol–water partition coefficient (Wildman–Crippen LogP) is 3.86. The molecular weight excluding hydrogens is 294 g/mol. The van der Waals surface area contributed by atoms with Gasteiger partial charge in [-0.3, -0.25) is 0 Å². The Bertz CT molecular complexity index is 816. The van der Waals surface area contributed by atoms with Crippen LogP contribution in [0.2, 0.25) is 0 Å². The third kappa shape index (κ3) is 2.64. The number of thiophene rings is 1. The molecule has 0 unspecified atom stereocenters. The van der Waals surface area contributed by atoms with Gasteiger partial charge < -0.3 is 11.1 Å². The lowest BCUT2D eigenvalue weighted by atomic mass is 10.2. The highest BCUT2D eigenvalue weighted by Gasteiger charge is 2.12. The molecule has 0 radical (unpaired) electrons. The molecule has 7 heteroatoms. The summed E-state index contributed by atoms with van der Waals surface area (Å²) in [6, 6.07) is 5.26. The summed E-state index contributed by atoms with van der Waals surface area (Å²) < 4.78 is 26.7. The molecule has 0 saturated heterocycles. The largest absolute Gasteiger partial charge is 0.368 e. The standard InChI is InChI=1S/C14H12F2N4S/c1-2-8-6-9-12(19-14(17)20-13(9)21-8)18-11-4-3-7(15)5-10(11)16/h3-6H,2H2,1H3,(H3,17,18,19,20). The van der Waals surface area contributed by atoms with Crippen molar-refractivity contribution in [3.8, 4) is 0 Å². The Morgan fingerprint density at radius 1 is 1.24 bits per heavy atom. The summed E-state index contributed by atoms with van der Waals surface area (Å²) in [5.74, 6) is -0.795. The van der Waals surface area contributed by atoms with Gasteiger partial charge in [0.1, 0.15) is 22.3 Å². The van der Waals surface area contributed by atoms with Crippen LogP contribution in [0.25, 0.3) is 10.2 Å². The lowest BCUT2D eigenvalue weighted by molar-refractivity contribution is 0.586. The zero-order chi connectivity index (χ0) is 15.0. The molecule has 0 atom stereocenters. The first-order chi connectivity index (χ1) is 10.1. The first-order valence-corrected chi connectivity index (χ1v) is 7.16. The van der Waals surface area contributed by atoms with Crippen molar-refractivity contribution in [3.05, 3.63) is 40.8 Å². The van der Waals surface area contributed by atoms with Crippen molar-refractivity contribution in [2.45, 2.75) is 13.3 Å². The third-order valence-electron chi connectivity index (χ3n) is 2.99. The maximum Gasteiger partial charge on any atom is 0.223 e. The van der Waals surface area contributed by atoms with Crippen molar-refractivity contribution >= 4 is 39.0 Å². The molecule has 3 aromatic rings. The van der Waals surface area contributed by atoms with Gasteiger partial charge in [0.05, 0.1) is 11.1 Å². The van der Waals surface area contributed by atoms with Gasteiger partial charge in [-0.2, -0.15) is 4.98 Å². The Morgan fingerprint density at radius 2 is 2.05 bits per heavy atom. The molecule has 2 heterocycles. The molecule has 0 aliphatic heterocycles. The summed E-state index contributed by atoms with van der Waals surface area (Å²) in [4.78, 5) is 10.2. The van der Waals surface area contributed by atoms with Crippen LogP contribution in [0.15, 0.2) is 24.3 Å². The van der Waals surface area contributed by atoms with Crippen molar-refractivity contribution < 1.29 is 8.78 Å². The Kier molecular flexibility index (Phi) is 3.42. The number of nitrogens with two attached hydrogens (primary N) is 1. The van der Waals surface area contributed by atoms with Crippen LogP contribution in [0.5, 0.6) is 0 Å². The highest BCUT2D eigenvalue weighted by atomic mass is 32.1. The molecule has 0 bridgehead atoms. The summed E-state index contributed by atoms with van der Waals surface area (Å²) in [6.07, 6.45) is 0.866. The van der Waals surface area contributed by atoms with Gasteiger partial charge in [0.2, 0.25) is 5.95 Å². The molecule has 108 valence electrons. The molecule has 0 aliphatic carbocycles. The van der Waals surface area contributed by atoms with Crippen LogP contribution in [0.1, 0.15) is 11.8 Å². The number of aromatic nitrogens is 2. The number of nitrogen functional groups attached to an aromatic ring is 1. The van der Waals surface area contributed by atoms with Gasteiger partial charge in [-0.05, 0) is 24.6 Å². The number of rotatable bonds is 3. The number of aryl methyl sites for hydroxylation is 1. The van der Waals surface area contributed by atoms with E-state index in [1.165, 1.54) is 23.5 Å². The Labute approximate surface area is 123 Å². The smallest absolute Gasteiger partial charge is 0.223 e. The molecular formula is C14H12F2N4S. The fourth-order valence-electron chi connectivity index (χ4n) is 1.98. The van der Waals surface area contributed by atoms with E-state index in [-0.39, 0.29) is 11.6 Å². The van der Waals surface area contributed by atoms with E-state index >= 15 is 0 Å². The van der Waals surface area contributed by atoms with Crippen molar-refractivity contribution in [1.82, 2.24) is 9.97 Å². The van der Waals surface area contributed by atoms with Gasteiger partial charge in [0.25, 0.3) is 0 Å². The second kappa shape index (κ2) is 5.25. The van der Waals surface area contributed by atoms with E-state index < -0.39 is 11.6 Å². The zero-order valence-electron chi connectivity index (χ0n) is 11.2. The topological polar surface area (TPSA) is 63.8 Å². The molecule has 3 N–H and O–H groups in total. The summed E-state index contributed by atoms with van der Waals surface area (Å²) in [5, 5.41) is 3.63. The number of nitrogens with one attached hydrogen (secondary N) is 1. The number of anilines is 3. The fourth-order valence-corrected chi connectivity index (χ4v) is 2.95. The predicted molar refractivity (Wildman–Crippen MR) is 80.8 cm³/mol. The fraction of sp³-hybridized carbons (Fsp3) is 0.143. The van der Waals surface area contributed by atoms with E-state index in [1.807, 2.05) is 13.0 Å². The lowest BCUT2D eigenvalue weighted by Gasteiger charge is -2.08. The lowest BCUT2D eigenvalue weighted by Crippen LogP contribution is -2.01. The highest BCUT2D eigenvalue weighted by molar-refractivity contribution is 7.18. The normalized spacial score (nSPS) is 11.0. The first kappa shape index (κ1) is 13.7. The molecule has 4 nitrogen and oxygen atoms in total. The van der Waals surface area contributed by atoms with E-state index in [0.717, 1.165) is 27.6 Å². The molecule has 21 heavy (non-hydrogen) atoms. The van der Waals surface area contributed by atoms with Crippen LogP contribution in [0.3, 0.4) is 0 Å². The van der Waals surface area contributed by atoms with Crippen molar-refractivity contribution in [2.24, 2.45) is 0 Å². The average molecular weight is 306 g/mol. The molecule has 0 fully saturated rings. The number of halogens is 2. The SMILES string of the molecule is CCc1cc2c(Nc3ccc(F)cc3F)nc(N)nc2s1. The Balaban J connectivity index is 2.08. The number of hydrogen-bond acceptors (Lipinski definition) is 5. The summed E-state index contributed by atoms with van der Waals surface area (Å²) in [6.45, 7) is 2.04. The molecule has 0 amide bonds. The van der Waals surface area contributed by atoms with Crippen molar-refractivity contribution in [2.75, 3.05) is 11.1 Å². The van der Waals surface area contributed by atoms with Gasteiger partial charge >= 0.3 is 0 Å². The number of fused-ring (bicyclic) bond motifs is 1. The van der Waals surface area contributed by atoms with Gasteiger partial charge in [-0.25, -0.2) is 13.8 Å². The number of nitrogens with zero attached hydrogens (tertiary/aromatic N) is 2. The van der Waals surface area contributed by atoms with Crippen LogP contribution >= 0.6 is 11.3 Å². The zero-order valence-corrected chi connectivity index (χ0v) is 12.0. The van der Waals surface area contributed by atoms with Crippen LogP contribution in [-0.4, -0.2) is 9.97 Å². The minimum absolute atomic E-state index is 0.108. The molecule has 1 aromatic carbocycles.